The smallest absolute Gasteiger partial charge is 0.262 e. The van der Waals surface area contributed by atoms with E-state index in [2.05, 4.69) is 42.5 Å². The molecule has 4 aromatic carbocycles. The molecule has 212 valence electrons. The lowest BCUT2D eigenvalue weighted by atomic mass is 10.0. The second kappa shape index (κ2) is 14.6. The molecule has 0 fully saturated rings. The molecule has 0 saturated carbocycles. The first-order chi connectivity index (χ1) is 19.6. The van der Waals surface area contributed by atoms with Crippen LogP contribution < -0.4 is 20.1 Å². The summed E-state index contributed by atoms with van der Waals surface area (Å²) in [4.78, 5) is 24.7. The van der Waals surface area contributed by atoms with Gasteiger partial charge in [0.25, 0.3) is 11.8 Å². The van der Waals surface area contributed by atoms with Crippen LogP contribution in [0, 0.1) is 0 Å². The van der Waals surface area contributed by atoms with Gasteiger partial charge in [-0.05, 0) is 97.9 Å². The van der Waals surface area contributed by atoms with Crippen molar-refractivity contribution >= 4 is 101 Å². The summed E-state index contributed by atoms with van der Waals surface area (Å²) in [6.07, 6.45) is 0.668. The van der Waals surface area contributed by atoms with Gasteiger partial charge in [0.2, 0.25) is 0 Å². The third-order valence-corrected chi connectivity index (χ3v) is 7.68. The first-order valence-corrected chi connectivity index (χ1v) is 15.0. The molecule has 12 heteroatoms. The Morgan fingerprint density at radius 2 is 0.976 bits per heavy atom. The molecule has 4 aromatic rings. The lowest BCUT2D eigenvalue weighted by molar-refractivity contribution is -0.118. The van der Waals surface area contributed by atoms with Crippen molar-refractivity contribution in [2.24, 2.45) is 0 Å². The van der Waals surface area contributed by atoms with Gasteiger partial charge in [0.1, 0.15) is 0 Å². The fraction of sp³-hybridized carbons (Fsp3) is 0.103. The van der Waals surface area contributed by atoms with Gasteiger partial charge in [-0.1, -0.05) is 70.7 Å². The second-order valence-electron chi connectivity index (χ2n) is 8.64. The highest BCUT2D eigenvalue weighted by atomic mass is 79.9. The molecule has 0 aliphatic heterocycles. The number of nitrogens with one attached hydrogen (secondary N) is 2. The number of rotatable bonds is 10. The quantitative estimate of drug-likeness (QED) is 0.169. The zero-order chi connectivity index (χ0) is 29.5. The minimum atomic E-state index is -0.331. The molecular formula is C29H20Br2Cl4N2O4. The predicted octanol–water partition coefficient (Wildman–Crippen LogP) is 9.45. The van der Waals surface area contributed by atoms with Crippen molar-refractivity contribution in [1.29, 1.82) is 0 Å². The van der Waals surface area contributed by atoms with Gasteiger partial charge in [0.15, 0.2) is 24.7 Å². The molecule has 0 spiro atoms. The maximum atomic E-state index is 12.3. The molecule has 4 rings (SSSR count). The SMILES string of the molecule is O=C(COc1c(Cl)cc(Cl)cc1Br)Nc1ccc(Cc2ccc(NC(=O)COc3c(Cl)cc(Cl)cc3Br)cc2)cc1. The van der Waals surface area contributed by atoms with Gasteiger partial charge in [-0.15, -0.1) is 0 Å². The molecule has 2 N–H and O–H groups in total. The van der Waals surface area contributed by atoms with Crippen LogP contribution in [0.2, 0.25) is 20.1 Å². The Balaban J connectivity index is 1.24. The summed E-state index contributed by atoms with van der Waals surface area (Å²) >= 11 is 30.8. The summed E-state index contributed by atoms with van der Waals surface area (Å²) in [7, 11) is 0. The number of carbonyl (C=O) groups excluding carboxylic acids is 2. The Bertz CT molecular complexity index is 1410. The van der Waals surface area contributed by atoms with E-state index in [0.29, 0.717) is 58.3 Å². The molecule has 0 aliphatic carbocycles. The first kappa shape index (κ1) is 31.5. The Morgan fingerprint density at radius 3 is 1.32 bits per heavy atom. The van der Waals surface area contributed by atoms with Crippen molar-refractivity contribution in [3.8, 4) is 11.5 Å². The fourth-order valence-corrected chi connectivity index (χ4v) is 6.39. The number of hydrogen-bond donors (Lipinski definition) is 2. The van der Waals surface area contributed by atoms with Crippen LogP contribution in [0.4, 0.5) is 11.4 Å². The van der Waals surface area contributed by atoms with Crippen molar-refractivity contribution < 1.29 is 19.1 Å². The van der Waals surface area contributed by atoms with E-state index in [0.717, 1.165) is 11.1 Å². The fourth-order valence-electron chi connectivity index (χ4n) is 3.65. The summed E-state index contributed by atoms with van der Waals surface area (Å²) < 4.78 is 12.2. The molecule has 0 radical (unpaired) electrons. The second-order valence-corrected chi connectivity index (χ2v) is 12.0. The molecule has 0 atom stereocenters. The lowest BCUT2D eigenvalue weighted by Crippen LogP contribution is -2.20. The summed E-state index contributed by atoms with van der Waals surface area (Å²) in [5, 5.41) is 7.11. The standard InChI is InChI=1S/C29H20Br2Cl4N2O4/c30-22-10-18(32)12-24(34)28(22)40-14-26(38)36-20-5-1-16(2-6-20)9-17-3-7-21(8-4-17)37-27(39)15-41-29-23(31)11-19(33)13-25(29)35/h1-8,10-13H,9,14-15H2,(H,36,38)(H,37,39). The van der Waals surface area contributed by atoms with Crippen LogP contribution in [-0.2, 0) is 16.0 Å². The minimum absolute atomic E-state index is 0.219. The molecule has 0 aliphatic rings. The van der Waals surface area contributed by atoms with Crippen LogP contribution in [0.15, 0.2) is 81.7 Å². The van der Waals surface area contributed by atoms with Crippen molar-refractivity contribution in [3.63, 3.8) is 0 Å². The van der Waals surface area contributed by atoms with Crippen molar-refractivity contribution in [3.05, 3.63) is 113 Å². The Kier molecular flexibility index (Phi) is 11.2. The number of ether oxygens (including phenoxy) is 2. The Hall–Kier alpha value is -2.46. The van der Waals surface area contributed by atoms with E-state index in [-0.39, 0.29) is 25.0 Å². The van der Waals surface area contributed by atoms with Crippen LogP contribution in [0.5, 0.6) is 11.5 Å². The predicted molar refractivity (Wildman–Crippen MR) is 172 cm³/mol. The van der Waals surface area contributed by atoms with Crippen LogP contribution in [0.1, 0.15) is 11.1 Å². The van der Waals surface area contributed by atoms with Gasteiger partial charge in [-0.25, -0.2) is 0 Å². The number of carbonyl (C=O) groups is 2. The highest BCUT2D eigenvalue weighted by Crippen LogP contribution is 2.37. The van der Waals surface area contributed by atoms with E-state index in [1.54, 1.807) is 24.3 Å². The highest BCUT2D eigenvalue weighted by molar-refractivity contribution is 9.11. The number of hydrogen-bond acceptors (Lipinski definition) is 4. The average molecular weight is 762 g/mol. The molecule has 0 saturated heterocycles. The zero-order valence-electron chi connectivity index (χ0n) is 21.0. The van der Waals surface area contributed by atoms with Crippen molar-refractivity contribution in [2.45, 2.75) is 6.42 Å². The van der Waals surface area contributed by atoms with Gasteiger partial charge in [0, 0.05) is 21.4 Å². The van der Waals surface area contributed by atoms with Gasteiger partial charge < -0.3 is 20.1 Å². The van der Waals surface area contributed by atoms with Crippen LogP contribution in [0.25, 0.3) is 0 Å². The van der Waals surface area contributed by atoms with Crippen LogP contribution in [0.3, 0.4) is 0 Å². The van der Waals surface area contributed by atoms with E-state index in [1.165, 1.54) is 0 Å². The van der Waals surface area contributed by atoms with Crippen molar-refractivity contribution in [1.82, 2.24) is 0 Å². The summed E-state index contributed by atoms with van der Waals surface area (Å²) in [5.74, 6) is 0.0263. The summed E-state index contributed by atoms with van der Waals surface area (Å²) in [6, 6.07) is 21.3. The Labute approximate surface area is 273 Å². The third kappa shape index (κ3) is 9.26. The normalized spacial score (nSPS) is 10.7. The minimum Gasteiger partial charge on any atom is -0.481 e. The molecule has 0 aromatic heterocycles. The van der Waals surface area contributed by atoms with E-state index in [1.807, 2.05) is 48.5 Å². The number of benzene rings is 4. The van der Waals surface area contributed by atoms with Crippen molar-refractivity contribution in [2.75, 3.05) is 23.8 Å². The molecule has 2 amide bonds. The third-order valence-electron chi connectivity index (χ3n) is 5.50. The van der Waals surface area contributed by atoms with Gasteiger partial charge in [0.05, 0.1) is 19.0 Å². The summed E-state index contributed by atoms with van der Waals surface area (Å²) in [5.41, 5.74) is 3.37. The average Bonchev–Trinajstić information content (AvgIpc) is 2.89. The van der Waals surface area contributed by atoms with Crippen LogP contribution >= 0.6 is 78.3 Å². The highest BCUT2D eigenvalue weighted by Gasteiger charge is 2.13. The van der Waals surface area contributed by atoms with E-state index >= 15 is 0 Å². The maximum Gasteiger partial charge on any atom is 0.262 e. The van der Waals surface area contributed by atoms with Gasteiger partial charge in [-0.3, -0.25) is 9.59 Å². The molecule has 6 nitrogen and oxygen atoms in total. The summed E-state index contributed by atoms with van der Waals surface area (Å²) in [6.45, 7) is -0.438. The van der Waals surface area contributed by atoms with Gasteiger partial charge in [-0.2, -0.15) is 0 Å². The van der Waals surface area contributed by atoms with E-state index < -0.39 is 0 Å². The molecule has 0 unspecified atom stereocenters. The van der Waals surface area contributed by atoms with Gasteiger partial charge >= 0.3 is 0 Å². The largest absolute Gasteiger partial charge is 0.481 e. The molecular weight excluding hydrogens is 742 g/mol. The maximum absolute atomic E-state index is 12.3. The molecule has 0 heterocycles. The number of anilines is 2. The number of halogens is 6. The van der Waals surface area contributed by atoms with E-state index in [4.69, 9.17) is 55.9 Å². The zero-order valence-corrected chi connectivity index (χ0v) is 27.1. The topological polar surface area (TPSA) is 76.7 Å². The van der Waals surface area contributed by atoms with Crippen LogP contribution in [-0.4, -0.2) is 25.0 Å². The molecule has 0 bridgehead atoms. The number of amides is 2. The monoisotopic (exact) mass is 758 g/mol. The Morgan fingerprint density at radius 1 is 0.610 bits per heavy atom. The lowest BCUT2D eigenvalue weighted by Gasteiger charge is -2.12. The molecule has 41 heavy (non-hydrogen) atoms. The first-order valence-electron chi connectivity index (χ1n) is 11.9. The van der Waals surface area contributed by atoms with E-state index in [9.17, 15) is 9.59 Å².